The van der Waals surface area contributed by atoms with E-state index in [0.717, 1.165) is 38.1 Å². The molecule has 1 unspecified atom stereocenters. The molecule has 2 N–H and O–H groups in total. The molecule has 1 fully saturated rings. The van der Waals surface area contributed by atoms with Gasteiger partial charge in [0.1, 0.15) is 5.82 Å². The Morgan fingerprint density at radius 3 is 3.00 bits per heavy atom. The Balaban J connectivity index is 1.79. The third kappa shape index (κ3) is 4.17. The summed E-state index contributed by atoms with van der Waals surface area (Å²) in [4.78, 5) is 11.6. The number of hydrogen-bond donors (Lipinski definition) is 2. The molecule has 1 aromatic rings. The van der Waals surface area contributed by atoms with Crippen molar-refractivity contribution >= 4 is 5.91 Å². The predicted molar refractivity (Wildman–Crippen MR) is 65.9 cm³/mol. The molecule has 104 valence electrons. The summed E-state index contributed by atoms with van der Waals surface area (Å²) in [5.41, 5.74) is 0. The van der Waals surface area contributed by atoms with Crippen molar-refractivity contribution in [2.45, 2.75) is 18.9 Å². The zero-order valence-electron chi connectivity index (χ0n) is 10.4. The number of carbonyl (C=O) groups is 1. The van der Waals surface area contributed by atoms with E-state index < -0.39 is 11.6 Å². The van der Waals surface area contributed by atoms with Gasteiger partial charge in [0.15, 0.2) is 18.2 Å². The Hall–Kier alpha value is -1.69. The molecule has 1 atom stereocenters. The Bertz CT molecular complexity index is 448. The first-order chi connectivity index (χ1) is 9.15. The van der Waals surface area contributed by atoms with Crippen LogP contribution < -0.4 is 15.4 Å². The number of halogens is 2. The molecule has 1 amide bonds. The summed E-state index contributed by atoms with van der Waals surface area (Å²) in [6, 6.07) is 3.06. The van der Waals surface area contributed by atoms with Crippen LogP contribution in [0.3, 0.4) is 0 Å². The van der Waals surface area contributed by atoms with E-state index >= 15 is 0 Å². The van der Waals surface area contributed by atoms with Crippen molar-refractivity contribution < 1.29 is 18.3 Å². The molecule has 1 heterocycles. The van der Waals surface area contributed by atoms with E-state index in [1.165, 1.54) is 6.07 Å². The lowest BCUT2D eigenvalue weighted by Crippen LogP contribution is -2.47. The minimum absolute atomic E-state index is 0.0860. The summed E-state index contributed by atoms with van der Waals surface area (Å²) in [5.74, 6) is -1.93. The van der Waals surface area contributed by atoms with Gasteiger partial charge in [-0.1, -0.05) is 0 Å². The fourth-order valence-electron chi connectivity index (χ4n) is 1.98. The Labute approximate surface area is 110 Å². The van der Waals surface area contributed by atoms with Gasteiger partial charge in [-0.05, 0) is 31.5 Å². The SMILES string of the molecule is O=C(COc1ccc(F)cc1F)NC1CCCNC1. The maximum Gasteiger partial charge on any atom is 0.258 e. The highest BCUT2D eigenvalue weighted by molar-refractivity contribution is 5.77. The molecule has 1 aliphatic heterocycles. The number of nitrogens with one attached hydrogen (secondary N) is 2. The average Bonchev–Trinajstić information content (AvgIpc) is 2.39. The van der Waals surface area contributed by atoms with Gasteiger partial charge in [-0.15, -0.1) is 0 Å². The van der Waals surface area contributed by atoms with Gasteiger partial charge >= 0.3 is 0 Å². The van der Waals surface area contributed by atoms with Crippen LogP contribution in [0.4, 0.5) is 8.78 Å². The number of amides is 1. The highest BCUT2D eigenvalue weighted by Crippen LogP contribution is 2.17. The van der Waals surface area contributed by atoms with E-state index in [9.17, 15) is 13.6 Å². The highest BCUT2D eigenvalue weighted by atomic mass is 19.1. The normalized spacial score (nSPS) is 18.9. The summed E-state index contributed by atoms with van der Waals surface area (Å²) in [7, 11) is 0. The number of piperidine rings is 1. The minimum atomic E-state index is -0.813. The van der Waals surface area contributed by atoms with Gasteiger partial charge in [0.25, 0.3) is 5.91 Å². The van der Waals surface area contributed by atoms with E-state index in [2.05, 4.69) is 10.6 Å². The number of ether oxygens (including phenoxy) is 1. The van der Waals surface area contributed by atoms with Crippen LogP contribution >= 0.6 is 0 Å². The molecule has 0 aliphatic carbocycles. The van der Waals surface area contributed by atoms with Crippen molar-refractivity contribution in [2.24, 2.45) is 0 Å². The summed E-state index contributed by atoms with van der Waals surface area (Å²) in [5, 5.41) is 5.97. The molecule has 0 spiro atoms. The van der Waals surface area contributed by atoms with Crippen LogP contribution in [0, 0.1) is 11.6 Å². The van der Waals surface area contributed by atoms with Crippen LogP contribution in [0.2, 0.25) is 0 Å². The fourth-order valence-corrected chi connectivity index (χ4v) is 1.98. The zero-order chi connectivity index (χ0) is 13.7. The summed E-state index contributed by atoms with van der Waals surface area (Å²) >= 11 is 0. The monoisotopic (exact) mass is 270 g/mol. The summed E-state index contributed by atoms with van der Waals surface area (Å²) in [6.45, 7) is 1.42. The van der Waals surface area contributed by atoms with Crippen molar-refractivity contribution in [1.82, 2.24) is 10.6 Å². The van der Waals surface area contributed by atoms with Gasteiger partial charge < -0.3 is 15.4 Å². The predicted octanol–water partition coefficient (Wildman–Crippen LogP) is 1.21. The zero-order valence-corrected chi connectivity index (χ0v) is 10.4. The maximum absolute atomic E-state index is 13.3. The van der Waals surface area contributed by atoms with Gasteiger partial charge in [0, 0.05) is 18.7 Å². The van der Waals surface area contributed by atoms with Gasteiger partial charge in [-0.3, -0.25) is 4.79 Å². The van der Waals surface area contributed by atoms with Crippen molar-refractivity contribution in [1.29, 1.82) is 0 Å². The second kappa shape index (κ2) is 6.47. The molecule has 0 bridgehead atoms. The van der Waals surface area contributed by atoms with Crippen molar-refractivity contribution in [3.05, 3.63) is 29.8 Å². The van der Waals surface area contributed by atoms with E-state index in [1.807, 2.05) is 0 Å². The molecule has 19 heavy (non-hydrogen) atoms. The first-order valence-corrected chi connectivity index (χ1v) is 6.23. The van der Waals surface area contributed by atoms with E-state index in [1.54, 1.807) is 0 Å². The summed E-state index contributed by atoms with van der Waals surface area (Å²) in [6.07, 6.45) is 1.93. The molecule has 1 aromatic carbocycles. The van der Waals surface area contributed by atoms with Gasteiger partial charge in [-0.2, -0.15) is 0 Å². The Morgan fingerprint density at radius 1 is 1.47 bits per heavy atom. The fraction of sp³-hybridized carbons (Fsp3) is 0.462. The Kier molecular flexibility index (Phi) is 4.68. The molecular formula is C13H16F2N2O2. The molecule has 1 aliphatic rings. The maximum atomic E-state index is 13.3. The van der Waals surface area contributed by atoms with Crippen molar-refractivity contribution in [2.75, 3.05) is 19.7 Å². The molecular weight excluding hydrogens is 254 g/mol. The van der Waals surface area contributed by atoms with Crippen LogP contribution in [0.25, 0.3) is 0 Å². The number of benzene rings is 1. The van der Waals surface area contributed by atoms with E-state index in [0.29, 0.717) is 0 Å². The first-order valence-electron chi connectivity index (χ1n) is 6.23. The summed E-state index contributed by atoms with van der Waals surface area (Å²) < 4.78 is 30.9. The Morgan fingerprint density at radius 2 is 2.32 bits per heavy atom. The lowest BCUT2D eigenvalue weighted by atomic mass is 10.1. The quantitative estimate of drug-likeness (QED) is 0.864. The standard InChI is InChI=1S/C13H16F2N2O2/c14-9-3-4-12(11(15)6-9)19-8-13(18)17-10-2-1-5-16-7-10/h3-4,6,10,16H,1-2,5,7-8H2,(H,17,18). The number of rotatable bonds is 4. The lowest BCUT2D eigenvalue weighted by molar-refractivity contribution is -0.123. The smallest absolute Gasteiger partial charge is 0.258 e. The van der Waals surface area contributed by atoms with Gasteiger partial charge in [0.05, 0.1) is 0 Å². The van der Waals surface area contributed by atoms with Crippen molar-refractivity contribution in [3.63, 3.8) is 0 Å². The molecule has 1 saturated heterocycles. The molecule has 0 radical (unpaired) electrons. The first kappa shape index (κ1) is 13.7. The number of hydrogen-bond acceptors (Lipinski definition) is 3. The van der Waals surface area contributed by atoms with Crippen LogP contribution in [0.15, 0.2) is 18.2 Å². The molecule has 2 rings (SSSR count). The number of carbonyl (C=O) groups excluding carboxylic acids is 1. The molecule has 0 saturated carbocycles. The second-order valence-corrected chi connectivity index (χ2v) is 4.47. The third-order valence-electron chi connectivity index (χ3n) is 2.91. The van der Waals surface area contributed by atoms with Crippen LogP contribution in [-0.4, -0.2) is 31.6 Å². The van der Waals surface area contributed by atoms with Gasteiger partial charge in [-0.25, -0.2) is 8.78 Å². The molecule has 4 nitrogen and oxygen atoms in total. The van der Waals surface area contributed by atoms with Gasteiger partial charge in [0.2, 0.25) is 0 Å². The van der Waals surface area contributed by atoms with E-state index in [4.69, 9.17) is 4.74 Å². The average molecular weight is 270 g/mol. The topological polar surface area (TPSA) is 50.4 Å². The third-order valence-corrected chi connectivity index (χ3v) is 2.91. The lowest BCUT2D eigenvalue weighted by Gasteiger charge is -2.23. The van der Waals surface area contributed by atoms with E-state index in [-0.39, 0.29) is 24.3 Å². The largest absolute Gasteiger partial charge is 0.481 e. The molecule has 0 aromatic heterocycles. The van der Waals surface area contributed by atoms with Crippen LogP contribution in [-0.2, 0) is 4.79 Å². The molecule has 6 heteroatoms. The van der Waals surface area contributed by atoms with Crippen LogP contribution in [0.1, 0.15) is 12.8 Å². The second-order valence-electron chi connectivity index (χ2n) is 4.47. The van der Waals surface area contributed by atoms with Crippen LogP contribution in [0.5, 0.6) is 5.75 Å². The van der Waals surface area contributed by atoms with Crippen molar-refractivity contribution in [3.8, 4) is 5.75 Å². The minimum Gasteiger partial charge on any atom is -0.481 e. The highest BCUT2D eigenvalue weighted by Gasteiger charge is 2.16.